The Morgan fingerprint density at radius 3 is 0.934 bits per heavy atom. The van der Waals surface area contributed by atoms with Gasteiger partial charge in [0, 0.05) is 13.0 Å². The van der Waals surface area contributed by atoms with Gasteiger partial charge < -0.3 is 14.6 Å². The van der Waals surface area contributed by atoms with Crippen molar-refractivity contribution in [2.45, 2.75) is 328 Å². The summed E-state index contributed by atoms with van der Waals surface area (Å²) in [7, 11) is 0. The predicted molar refractivity (Wildman–Crippen MR) is 270 cm³/mol. The van der Waals surface area contributed by atoms with Crippen LogP contribution in [0.15, 0.2) is 12.2 Å². The van der Waals surface area contributed by atoms with Gasteiger partial charge in [-0.15, -0.1) is 0 Å². The minimum absolute atomic E-state index is 0.165. The van der Waals surface area contributed by atoms with Crippen LogP contribution in [0.5, 0.6) is 0 Å². The molecule has 0 spiro atoms. The largest absolute Gasteiger partial charge is 0.457 e. The Morgan fingerprint density at radius 1 is 0.377 bits per heavy atom. The molecule has 0 aromatic rings. The smallest absolute Gasteiger partial charge is 0.306 e. The van der Waals surface area contributed by atoms with Gasteiger partial charge in [0.25, 0.3) is 0 Å². The van der Waals surface area contributed by atoms with E-state index in [2.05, 4.69) is 26.0 Å². The van der Waals surface area contributed by atoms with Crippen LogP contribution in [-0.2, 0) is 14.3 Å². The van der Waals surface area contributed by atoms with E-state index >= 15 is 0 Å². The number of rotatable bonds is 54. The molecule has 0 heterocycles. The number of unbranched alkanes of at least 4 members (excludes halogenated alkanes) is 44. The Labute approximate surface area is 384 Å². The van der Waals surface area contributed by atoms with E-state index in [4.69, 9.17) is 9.47 Å². The molecule has 0 aliphatic carbocycles. The molecule has 0 bridgehead atoms. The molecule has 0 aromatic carbocycles. The molecule has 0 saturated carbocycles. The third-order valence-electron chi connectivity index (χ3n) is 13.1. The van der Waals surface area contributed by atoms with Gasteiger partial charge in [-0.1, -0.05) is 289 Å². The highest BCUT2D eigenvalue weighted by Crippen LogP contribution is 2.17. The van der Waals surface area contributed by atoms with Crippen LogP contribution in [0.3, 0.4) is 0 Å². The number of hydrogen-bond donors (Lipinski definition) is 1. The van der Waals surface area contributed by atoms with E-state index in [1.165, 1.54) is 283 Å². The summed E-state index contributed by atoms with van der Waals surface area (Å²) in [5.74, 6) is -0.191. The maximum Gasteiger partial charge on any atom is 0.306 e. The lowest BCUT2D eigenvalue weighted by Gasteiger charge is -2.16. The van der Waals surface area contributed by atoms with Crippen molar-refractivity contribution in [3.05, 3.63) is 12.2 Å². The monoisotopic (exact) mass is 861 g/mol. The van der Waals surface area contributed by atoms with Crippen LogP contribution in [0.1, 0.15) is 322 Å². The second-order valence-corrected chi connectivity index (χ2v) is 19.4. The highest BCUT2D eigenvalue weighted by molar-refractivity contribution is 5.69. The molecular weight excluding hydrogens is 749 g/mol. The van der Waals surface area contributed by atoms with Crippen molar-refractivity contribution in [2.75, 3.05) is 19.8 Å². The number of ether oxygens (including phenoxy) is 2. The van der Waals surface area contributed by atoms with Crippen LogP contribution in [0.4, 0.5) is 0 Å². The second kappa shape index (κ2) is 55.3. The van der Waals surface area contributed by atoms with E-state index in [9.17, 15) is 9.90 Å². The van der Waals surface area contributed by atoms with Crippen molar-refractivity contribution in [3.63, 3.8) is 0 Å². The lowest BCUT2D eigenvalue weighted by atomic mass is 10.0. The molecule has 1 atom stereocenters. The molecule has 61 heavy (non-hydrogen) atoms. The molecule has 0 aromatic heterocycles. The number of aliphatic hydroxyl groups excluding tert-OH is 1. The van der Waals surface area contributed by atoms with E-state index in [-0.39, 0.29) is 12.6 Å². The number of carbonyl (C=O) groups excluding carboxylic acids is 1. The maximum absolute atomic E-state index is 12.3. The summed E-state index contributed by atoms with van der Waals surface area (Å²) in [6.07, 6.45) is 69.1. The standard InChI is InChI=1S/C57H112O4/c1-3-5-7-9-11-13-15-17-19-21-23-25-27-29-30-32-34-36-38-40-42-44-46-48-50-52-57(59)61-56(54-58)55-60-53-51-49-47-45-43-41-39-37-35-33-31-28-26-24-22-20-18-16-14-12-10-8-6-4-2/h22,24,56,58H,3-21,23,25-55H2,1-2H3/b24-22-. The summed E-state index contributed by atoms with van der Waals surface area (Å²) < 4.78 is 11.2. The van der Waals surface area contributed by atoms with E-state index in [0.717, 1.165) is 19.3 Å². The number of aliphatic hydroxyl groups is 1. The first-order valence-electron chi connectivity index (χ1n) is 28.3. The zero-order valence-electron chi connectivity index (χ0n) is 42.0. The maximum atomic E-state index is 12.3. The topological polar surface area (TPSA) is 55.8 Å². The Hall–Kier alpha value is -0.870. The number of esters is 1. The number of allylic oxidation sites excluding steroid dienone is 2. The van der Waals surface area contributed by atoms with E-state index in [0.29, 0.717) is 19.6 Å². The first-order chi connectivity index (χ1) is 30.2. The van der Waals surface area contributed by atoms with E-state index in [1.807, 2.05) is 0 Å². The summed E-state index contributed by atoms with van der Waals surface area (Å²) in [6.45, 7) is 5.41. The van der Waals surface area contributed by atoms with Crippen molar-refractivity contribution < 1.29 is 19.4 Å². The van der Waals surface area contributed by atoms with Gasteiger partial charge in [0.2, 0.25) is 0 Å². The van der Waals surface area contributed by atoms with Crippen molar-refractivity contribution in [2.24, 2.45) is 0 Å². The van der Waals surface area contributed by atoms with Gasteiger partial charge >= 0.3 is 5.97 Å². The van der Waals surface area contributed by atoms with Gasteiger partial charge in [0.05, 0.1) is 13.2 Å². The summed E-state index contributed by atoms with van der Waals surface area (Å²) in [6, 6.07) is 0. The van der Waals surface area contributed by atoms with Gasteiger partial charge in [0.1, 0.15) is 6.10 Å². The Balaban J connectivity index is 3.33. The first-order valence-corrected chi connectivity index (χ1v) is 28.3. The van der Waals surface area contributed by atoms with Crippen molar-refractivity contribution in [3.8, 4) is 0 Å². The Kier molecular flexibility index (Phi) is 54.5. The molecule has 4 heteroatoms. The van der Waals surface area contributed by atoms with Crippen LogP contribution >= 0.6 is 0 Å². The molecule has 0 amide bonds. The summed E-state index contributed by atoms with van der Waals surface area (Å²) in [4.78, 5) is 12.3. The van der Waals surface area contributed by atoms with E-state index < -0.39 is 6.10 Å². The molecule has 0 radical (unpaired) electrons. The summed E-state index contributed by atoms with van der Waals surface area (Å²) in [5.41, 5.74) is 0. The molecule has 0 aliphatic heterocycles. The van der Waals surface area contributed by atoms with Gasteiger partial charge in [-0.25, -0.2) is 0 Å². The zero-order chi connectivity index (χ0) is 44.0. The Morgan fingerprint density at radius 2 is 0.639 bits per heavy atom. The minimum Gasteiger partial charge on any atom is -0.457 e. The molecule has 1 N–H and O–H groups in total. The third-order valence-corrected chi connectivity index (χ3v) is 13.1. The molecule has 4 nitrogen and oxygen atoms in total. The van der Waals surface area contributed by atoms with Crippen LogP contribution in [0.25, 0.3) is 0 Å². The first kappa shape index (κ1) is 60.1. The zero-order valence-corrected chi connectivity index (χ0v) is 42.0. The summed E-state index contributed by atoms with van der Waals surface area (Å²) >= 11 is 0. The van der Waals surface area contributed by atoms with Gasteiger partial charge in [0.15, 0.2) is 0 Å². The molecule has 0 saturated heterocycles. The van der Waals surface area contributed by atoms with Gasteiger partial charge in [-0.3, -0.25) is 4.79 Å². The highest BCUT2D eigenvalue weighted by atomic mass is 16.6. The molecule has 1 unspecified atom stereocenters. The van der Waals surface area contributed by atoms with E-state index in [1.54, 1.807) is 0 Å². The quantitative estimate of drug-likeness (QED) is 0.0376. The van der Waals surface area contributed by atoms with Gasteiger partial charge in [-0.2, -0.15) is 0 Å². The van der Waals surface area contributed by atoms with Crippen LogP contribution in [0.2, 0.25) is 0 Å². The fourth-order valence-corrected chi connectivity index (χ4v) is 8.86. The number of hydrogen-bond acceptors (Lipinski definition) is 4. The van der Waals surface area contributed by atoms with Crippen LogP contribution < -0.4 is 0 Å². The third kappa shape index (κ3) is 53.4. The van der Waals surface area contributed by atoms with Crippen LogP contribution in [-0.4, -0.2) is 37.0 Å². The predicted octanol–water partition coefficient (Wildman–Crippen LogP) is 19.2. The number of carbonyl (C=O) groups is 1. The fraction of sp³-hybridized carbons (Fsp3) is 0.947. The minimum atomic E-state index is -0.530. The molecule has 0 fully saturated rings. The lowest BCUT2D eigenvalue weighted by molar-refractivity contribution is -0.154. The summed E-state index contributed by atoms with van der Waals surface area (Å²) in [5, 5.41) is 9.67. The average Bonchev–Trinajstić information content (AvgIpc) is 3.27. The molecule has 0 aliphatic rings. The van der Waals surface area contributed by atoms with Crippen molar-refractivity contribution in [1.29, 1.82) is 0 Å². The Bertz CT molecular complexity index is 826. The fourth-order valence-electron chi connectivity index (χ4n) is 8.86. The van der Waals surface area contributed by atoms with Crippen molar-refractivity contribution in [1.82, 2.24) is 0 Å². The molecule has 364 valence electrons. The average molecular weight is 862 g/mol. The SMILES string of the molecule is CCCCCCCCCC/C=C\CCCCCCCCCCCCCCOCC(CO)OC(=O)CCCCCCCCCCCCCCCCCCCCCCCCCCC. The normalized spacial score (nSPS) is 12.2. The van der Waals surface area contributed by atoms with Crippen LogP contribution in [0, 0.1) is 0 Å². The lowest BCUT2D eigenvalue weighted by Crippen LogP contribution is -2.27. The second-order valence-electron chi connectivity index (χ2n) is 19.4. The highest BCUT2D eigenvalue weighted by Gasteiger charge is 2.13. The molecule has 0 rings (SSSR count). The van der Waals surface area contributed by atoms with Crippen molar-refractivity contribution >= 4 is 5.97 Å². The van der Waals surface area contributed by atoms with Gasteiger partial charge in [-0.05, 0) is 38.5 Å². The molecular formula is C57H112O4.